The third kappa shape index (κ3) is 3.05. The number of hydrogen-bond donors (Lipinski definition) is 0. The van der Waals surface area contributed by atoms with E-state index in [1.807, 2.05) is 0 Å². The van der Waals surface area contributed by atoms with Crippen LogP contribution in [-0.2, 0) is 4.74 Å². The van der Waals surface area contributed by atoms with Gasteiger partial charge in [0.2, 0.25) is 0 Å². The molecule has 1 aliphatic carbocycles. The topological polar surface area (TPSA) is 9.23 Å². The molecule has 0 N–H and O–H groups in total. The Bertz CT molecular complexity index is 128. The molecule has 12 heavy (non-hydrogen) atoms. The molecule has 0 saturated heterocycles. The molecular weight excluding hydrogens is 162 g/mol. The standard InChI is InChI=1S/C9H16F2O/c1-2-7-3-4-8(5-7)6-12-9(10)11/h7-9H,2-6H2,1H3/t7-,8?/m1/s1. The van der Waals surface area contributed by atoms with Crippen LogP contribution in [0.4, 0.5) is 8.78 Å². The number of hydrogen-bond acceptors (Lipinski definition) is 1. The molecule has 1 fully saturated rings. The second kappa shape index (κ2) is 4.75. The molecule has 0 aromatic carbocycles. The summed E-state index contributed by atoms with van der Waals surface area (Å²) in [5.74, 6) is 1.13. The molecule has 1 aliphatic rings. The summed E-state index contributed by atoms with van der Waals surface area (Å²) < 4.78 is 27.6. The van der Waals surface area contributed by atoms with Gasteiger partial charge in [-0.3, -0.25) is 0 Å². The van der Waals surface area contributed by atoms with Crippen molar-refractivity contribution in [1.29, 1.82) is 0 Å². The smallest absolute Gasteiger partial charge is 0.323 e. The van der Waals surface area contributed by atoms with E-state index in [4.69, 9.17) is 0 Å². The first kappa shape index (κ1) is 9.90. The fourth-order valence-electron chi connectivity index (χ4n) is 1.91. The lowest BCUT2D eigenvalue weighted by atomic mass is 10.0. The van der Waals surface area contributed by atoms with Gasteiger partial charge in [0.15, 0.2) is 0 Å². The first-order valence-corrected chi connectivity index (χ1v) is 4.62. The summed E-state index contributed by atoms with van der Waals surface area (Å²) in [5, 5.41) is 0. The lowest BCUT2D eigenvalue weighted by Gasteiger charge is -2.09. The molecule has 3 heteroatoms. The molecule has 0 spiro atoms. The predicted octanol–water partition coefficient (Wildman–Crippen LogP) is 3.05. The van der Waals surface area contributed by atoms with Crippen molar-refractivity contribution in [3.05, 3.63) is 0 Å². The Labute approximate surface area is 72.1 Å². The lowest BCUT2D eigenvalue weighted by Crippen LogP contribution is -2.09. The quantitative estimate of drug-likeness (QED) is 0.643. The van der Waals surface area contributed by atoms with Gasteiger partial charge in [-0.1, -0.05) is 19.8 Å². The second-order valence-electron chi connectivity index (χ2n) is 3.55. The average Bonchev–Trinajstić information content (AvgIpc) is 2.48. The van der Waals surface area contributed by atoms with Gasteiger partial charge < -0.3 is 4.74 Å². The van der Waals surface area contributed by atoms with Crippen LogP contribution in [0.1, 0.15) is 32.6 Å². The highest BCUT2D eigenvalue weighted by Gasteiger charge is 2.24. The predicted molar refractivity (Wildman–Crippen MR) is 43.1 cm³/mol. The summed E-state index contributed by atoms with van der Waals surface area (Å²) in [4.78, 5) is 0. The maximum Gasteiger partial charge on any atom is 0.345 e. The van der Waals surface area contributed by atoms with E-state index in [-0.39, 0.29) is 6.61 Å². The van der Waals surface area contributed by atoms with E-state index in [1.54, 1.807) is 0 Å². The summed E-state index contributed by atoms with van der Waals surface area (Å²) in [6, 6.07) is 0. The zero-order valence-electron chi connectivity index (χ0n) is 7.43. The summed E-state index contributed by atoms with van der Waals surface area (Å²) >= 11 is 0. The number of halogens is 2. The maximum absolute atomic E-state index is 11.6. The summed E-state index contributed by atoms with van der Waals surface area (Å²) in [6.45, 7) is -0.194. The summed E-state index contributed by atoms with van der Waals surface area (Å²) in [5.41, 5.74) is 0. The lowest BCUT2D eigenvalue weighted by molar-refractivity contribution is -0.137. The van der Waals surface area contributed by atoms with Crippen molar-refractivity contribution in [1.82, 2.24) is 0 Å². The molecule has 72 valence electrons. The van der Waals surface area contributed by atoms with Gasteiger partial charge in [-0.15, -0.1) is 0 Å². The average molecular weight is 178 g/mol. The van der Waals surface area contributed by atoms with Gasteiger partial charge in [-0.2, -0.15) is 8.78 Å². The van der Waals surface area contributed by atoms with E-state index in [0.29, 0.717) is 5.92 Å². The van der Waals surface area contributed by atoms with Crippen molar-refractivity contribution >= 4 is 0 Å². The van der Waals surface area contributed by atoms with Crippen LogP contribution in [0.25, 0.3) is 0 Å². The Morgan fingerprint density at radius 2 is 2.00 bits per heavy atom. The van der Waals surface area contributed by atoms with Crippen LogP contribution < -0.4 is 0 Å². The van der Waals surface area contributed by atoms with E-state index in [9.17, 15) is 8.78 Å². The summed E-state index contributed by atoms with van der Waals surface area (Å²) in [6.07, 6.45) is 4.49. The maximum atomic E-state index is 11.6. The van der Waals surface area contributed by atoms with Crippen molar-refractivity contribution < 1.29 is 13.5 Å². The van der Waals surface area contributed by atoms with E-state index in [2.05, 4.69) is 11.7 Å². The van der Waals surface area contributed by atoms with E-state index >= 15 is 0 Å². The molecule has 0 aromatic heterocycles. The zero-order valence-corrected chi connectivity index (χ0v) is 7.43. The van der Waals surface area contributed by atoms with Crippen molar-refractivity contribution in [2.45, 2.75) is 39.2 Å². The SMILES string of the molecule is CC[C@@H]1CCC(COC(F)F)C1. The van der Waals surface area contributed by atoms with Crippen molar-refractivity contribution in [2.24, 2.45) is 11.8 Å². The first-order valence-electron chi connectivity index (χ1n) is 4.62. The first-order chi connectivity index (χ1) is 5.72. The fourth-order valence-corrected chi connectivity index (χ4v) is 1.91. The second-order valence-corrected chi connectivity index (χ2v) is 3.55. The van der Waals surface area contributed by atoms with Gasteiger partial charge in [0, 0.05) is 0 Å². The third-order valence-corrected chi connectivity index (χ3v) is 2.69. The molecule has 1 nitrogen and oxygen atoms in total. The zero-order chi connectivity index (χ0) is 8.97. The molecule has 1 unspecified atom stereocenters. The molecule has 1 saturated carbocycles. The van der Waals surface area contributed by atoms with Gasteiger partial charge >= 0.3 is 6.61 Å². The van der Waals surface area contributed by atoms with Gasteiger partial charge in [0.1, 0.15) is 0 Å². The Balaban J connectivity index is 2.11. The highest BCUT2D eigenvalue weighted by molar-refractivity contribution is 4.74. The Morgan fingerprint density at radius 1 is 1.33 bits per heavy atom. The number of ether oxygens (including phenoxy) is 1. The Morgan fingerprint density at radius 3 is 2.50 bits per heavy atom. The van der Waals surface area contributed by atoms with Gasteiger partial charge in [0.05, 0.1) is 6.61 Å². The molecule has 0 heterocycles. The van der Waals surface area contributed by atoms with Gasteiger partial charge in [-0.25, -0.2) is 0 Å². The molecule has 2 atom stereocenters. The van der Waals surface area contributed by atoms with E-state index < -0.39 is 6.61 Å². The van der Waals surface area contributed by atoms with Crippen molar-refractivity contribution in [3.63, 3.8) is 0 Å². The highest BCUT2D eigenvalue weighted by atomic mass is 19.3. The number of rotatable bonds is 4. The van der Waals surface area contributed by atoms with Crippen LogP contribution in [0, 0.1) is 11.8 Å². The fraction of sp³-hybridized carbons (Fsp3) is 1.00. The largest absolute Gasteiger partial charge is 0.345 e. The molecule has 0 aromatic rings. The van der Waals surface area contributed by atoms with E-state index in [1.165, 1.54) is 12.8 Å². The third-order valence-electron chi connectivity index (χ3n) is 2.69. The minimum absolute atomic E-state index is 0.244. The molecule has 1 rings (SSSR count). The molecular formula is C9H16F2O. The Kier molecular flexibility index (Phi) is 3.92. The van der Waals surface area contributed by atoms with Crippen LogP contribution in [0.5, 0.6) is 0 Å². The minimum atomic E-state index is -2.59. The van der Waals surface area contributed by atoms with Crippen LogP contribution in [0.15, 0.2) is 0 Å². The highest BCUT2D eigenvalue weighted by Crippen LogP contribution is 2.33. The minimum Gasteiger partial charge on any atom is -0.323 e. The van der Waals surface area contributed by atoms with Crippen molar-refractivity contribution in [2.75, 3.05) is 6.61 Å². The van der Waals surface area contributed by atoms with Crippen LogP contribution in [-0.4, -0.2) is 13.2 Å². The normalized spacial score (nSPS) is 30.0. The van der Waals surface area contributed by atoms with Gasteiger partial charge in [-0.05, 0) is 24.7 Å². The summed E-state index contributed by atoms with van der Waals surface area (Å²) in [7, 11) is 0. The molecule has 0 radical (unpaired) electrons. The Hall–Kier alpha value is -0.180. The molecule has 0 bridgehead atoms. The monoisotopic (exact) mass is 178 g/mol. The molecule has 0 aliphatic heterocycles. The van der Waals surface area contributed by atoms with Crippen LogP contribution in [0.3, 0.4) is 0 Å². The van der Waals surface area contributed by atoms with Gasteiger partial charge in [0.25, 0.3) is 0 Å². The van der Waals surface area contributed by atoms with Crippen LogP contribution >= 0.6 is 0 Å². The molecule has 0 amide bonds. The van der Waals surface area contributed by atoms with Crippen LogP contribution in [0.2, 0.25) is 0 Å². The van der Waals surface area contributed by atoms with E-state index in [0.717, 1.165) is 18.8 Å². The number of alkyl halides is 2. The van der Waals surface area contributed by atoms with Crippen molar-refractivity contribution in [3.8, 4) is 0 Å².